The largest absolute Gasteiger partial charge is 0.484 e. The molecule has 1 aliphatic rings. The molecule has 2 aromatic rings. The van der Waals surface area contributed by atoms with Crippen LogP contribution in [0.3, 0.4) is 0 Å². The maximum absolute atomic E-state index is 12.7. The van der Waals surface area contributed by atoms with Gasteiger partial charge < -0.3 is 15.2 Å². The molecule has 1 aliphatic heterocycles. The fourth-order valence-corrected chi connectivity index (χ4v) is 4.03. The Hall–Kier alpha value is -2.72. The van der Waals surface area contributed by atoms with E-state index in [1.54, 1.807) is 0 Å². The molecule has 0 spiro atoms. The van der Waals surface area contributed by atoms with Gasteiger partial charge in [0.2, 0.25) is 15.9 Å². The van der Waals surface area contributed by atoms with Crippen molar-refractivity contribution in [1.29, 1.82) is 0 Å². The number of amides is 1. The van der Waals surface area contributed by atoms with Crippen molar-refractivity contribution in [3.8, 4) is 11.6 Å². The van der Waals surface area contributed by atoms with Crippen molar-refractivity contribution in [2.75, 3.05) is 19.7 Å². The third-order valence-corrected chi connectivity index (χ3v) is 5.66. The van der Waals surface area contributed by atoms with Crippen molar-refractivity contribution in [1.82, 2.24) is 14.3 Å². The summed E-state index contributed by atoms with van der Waals surface area (Å²) in [5, 5.41) is 0. The van der Waals surface area contributed by atoms with E-state index in [0.29, 0.717) is 24.6 Å². The normalized spacial score (nSPS) is 17.8. The van der Waals surface area contributed by atoms with Crippen LogP contribution in [0.4, 0.5) is 0 Å². The number of ether oxygens (including phenoxy) is 2. The Labute approximate surface area is 150 Å². The lowest BCUT2D eigenvalue weighted by Gasteiger charge is -2.17. The number of nitrogens with zero attached hydrogens (tertiary/aromatic N) is 3. The monoisotopic (exact) mass is 378 g/mol. The first-order valence-corrected chi connectivity index (χ1v) is 9.33. The molecule has 9 nitrogen and oxygen atoms in total. The Morgan fingerprint density at radius 1 is 1.27 bits per heavy atom. The summed E-state index contributed by atoms with van der Waals surface area (Å²) in [4.78, 5) is 18.8. The van der Waals surface area contributed by atoms with E-state index in [-0.39, 0.29) is 24.2 Å². The number of sulfonamides is 1. The van der Waals surface area contributed by atoms with E-state index in [9.17, 15) is 13.2 Å². The second-order valence-corrected chi connectivity index (χ2v) is 7.60. The molecule has 1 aromatic heterocycles. The number of carbonyl (C=O) groups excluding carboxylic acids is 1. The maximum Gasteiger partial charge on any atom is 0.255 e. The number of primary amides is 1. The van der Waals surface area contributed by atoms with Crippen LogP contribution in [0.5, 0.6) is 11.6 Å². The van der Waals surface area contributed by atoms with Crippen LogP contribution in [0.1, 0.15) is 6.42 Å². The fraction of sp³-hybridized carbons (Fsp3) is 0.312. The summed E-state index contributed by atoms with van der Waals surface area (Å²) in [5.74, 6) is 0.133. The molecule has 2 heterocycles. The van der Waals surface area contributed by atoms with Crippen molar-refractivity contribution in [2.45, 2.75) is 17.4 Å². The first-order chi connectivity index (χ1) is 12.4. The van der Waals surface area contributed by atoms with Crippen LogP contribution in [-0.2, 0) is 14.8 Å². The van der Waals surface area contributed by atoms with Gasteiger partial charge in [0.1, 0.15) is 11.9 Å². The van der Waals surface area contributed by atoms with Crippen LogP contribution >= 0.6 is 0 Å². The van der Waals surface area contributed by atoms with Crippen molar-refractivity contribution in [3.05, 3.63) is 42.9 Å². The van der Waals surface area contributed by atoms with Gasteiger partial charge in [-0.3, -0.25) is 9.78 Å². The molecule has 26 heavy (non-hydrogen) atoms. The molecule has 1 amide bonds. The number of benzene rings is 1. The van der Waals surface area contributed by atoms with Crippen LogP contribution in [0.25, 0.3) is 0 Å². The molecule has 0 radical (unpaired) electrons. The molecule has 1 saturated heterocycles. The Bertz CT molecular complexity index is 858. The van der Waals surface area contributed by atoms with Crippen LogP contribution in [0.2, 0.25) is 0 Å². The maximum atomic E-state index is 12.7. The number of aromatic nitrogens is 2. The summed E-state index contributed by atoms with van der Waals surface area (Å²) in [5.41, 5.74) is 5.00. The van der Waals surface area contributed by atoms with Gasteiger partial charge in [-0.2, -0.15) is 4.31 Å². The van der Waals surface area contributed by atoms with Gasteiger partial charge in [-0.15, -0.1) is 0 Å². The second kappa shape index (κ2) is 7.67. The molecule has 0 bridgehead atoms. The molecular weight excluding hydrogens is 360 g/mol. The summed E-state index contributed by atoms with van der Waals surface area (Å²) >= 11 is 0. The molecular formula is C16H18N4O5S. The highest BCUT2D eigenvalue weighted by Crippen LogP contribution is 2.24. The SMILES string of the molecule is NC(=O)COc1ccc(S(=O)(=O)N2CCC(Oc3cnccn3)C2)cc1. The molecule has 10 heteroatoms. The van der Waals surface area contributed by atoms with Crippen molar-refractivity contribution < 1.29 is 22.7 Å². The van der Waals surface area contributed by atoms with Gasteiger partial charge in [0.05, 0.1) is 17.6 Å². The number of hydrogen-bond acceptors (Lipinski definition) is 7. The van der Waals surface area contributed by atoms with Gasteiger partial charge in [-0.05, 0) is 30.7 Å². The predicted octanol–water partition coefficient (Wildman–Crippen LogP) is 0.183. The average molecular weight is 378 g/mol. The predicted molar refractivity (Wildman–Crippen MR) is 91.0 cm³/mol. The highest BCUT2D eigenvalue weighted by molar-refractivity contribution is 7.89. The standard InChI is InChI=1S/C16H18N4O5S/c17-15(21)11-24-12-1-3-14(4-2-12)26(22,23)20-8-5-13(10-20)25-16-9-18-6-7-19-16/h1-4,6-7,9,13H,5,8,10-11H2,(H2,17,21). The van der Waals surface area contributed by atoms with E-state index in [4.69, 9.17) is 15.2 Å². The highest BCUT2D eigenvalue weighted by atomic mass is 32.2. The van der Waals surface area contributed by atoms with Gasteiger partial charge in [-0.25, -0.2) is 13.4 Å². The lowest BCUT2D eigenvalue weighted by molar-refractivity contribution is -0.119. The smallest absolute Gasteiger partial charge is 0.255 e. The molecule has 0 aliphatic carbocycles. The lowest BCUT2D eigenvalue weighted by atomic mass is 10.3. The number of nitrogens with two attached hydrogens (primary N) is 1. The van der Waals surface area contributed by atoms with E-state index in [1.807, 2.05) is 0 Å². The van der Waals surface area contributed by atoms with Crippen LogP contribution in [0, 0.1) is 0 Å². The fourth-order valence-electron chi connectivity index (χ4n) is 2.54. The summed E-state index contributed by atoms with van der Waals surface area (Å²) < 4.78 is 37.6. The van der Waals surface area contributed by atoms with Crippen LogP contribution in [-0.4, -0.2) is 54.4 Å². The molecule has 2 N–H and O–H groups in total. The van der Waals surface area contributed by atoms with E-state index < -0.39 is 15.9 Å². The molecule has 3 rings (SSSR count). The van der Waals surface area contributed by atoms with E-state index >= 15 is 0 Å². The van der Waals surface area contributed by atoms with Crippen LogP contribution in [0.15, 0.2) is 47.8 Å². The zero-order valence-electron chi connectivity index (χ0n) is 13.8. The van der Waals surface area contributed by atoms with Gasteiger partial charge in [0.25, 0.3) is 5.91 Å². The summed E-state index contributed by atoms with van der Waals surface area (Å²) in [6, 6.07) is 5.84. The Morgan fingerprint density at radius 3 is 2.69 bits per heavy atom. The quantitative estimate of drug-likeness (QED) is 0.729. The zero-order chi connectivity index (χ0) is 18.6. The van der Waals surface area contributed by atoms with E-state index in [2.05, 4.69) is 9.97 Å². The van der Waals surface area contributed by atoms with Gasteiger partial charge in [-0.1, -0.05) is 0 Å². The molecule has 1 unspecified atom stereocenters. The highest BCUT2D eigenvalue weighted by Gasteiger charge is 2.33. The summed E-state index contributed by atoms with van der Waals surface area (Å²) in [7, 11) is -3.64. The van der Waals surface area contributed by atoms with Gasteiger partial charge >= 0.3 is 0 Å². The molecule has 0 saturated carbocycles. The van der Waals surface area contributed by atoms with Gasteiger partial charge in [0.15, 0.2) is 6.61 Å². The molecule has 138 valence electrons. The van der Waals surface area contributed by atoms with E-state index in [1.165, 1.54) is 47.2 Å². The molecule has 1 atom stereocenters. The Kier molecular flexibility index (Phi) is 5.33. The number of hydrogen-bond donors (Lipinski definition) is 1. The number of rotatable bonds is 7. The van der Waals surface area contributed by atoms with Crippen molar-refractivity contribution in [3.63, 3.8) is 0 Å². The minimum absolute atomic E-state index is 0.143. The van der Waals surface area contributed by atoms with Crippen molar-refractivity contribution >= 4 is 15.9 Å². The zero-order valence-corrected chi connectivity index (χ0v) is 14.6. The van der Waals surface area contributed by atoms with Crippen LogP contribution < -0.4 is 15.2 Å². The van der Waals surface area contributed by atoms with E-state index in [0.717, 1.165) is 0 Å². The minimum atomic E-state index is -3.64. The van der Waals surface area contributed by atoms with Gasteiger partial charge in [0, 0.05) is 18.9 Å². The lowest BCUT2D eigenvalue weighted by Crippen LogP contribution is -2.31. The molecule has 1 aromatic carbocycles. The second-order valence-electron chi connectivity index (χ2n) is 5.66. The third kappa shape index (κ3) is 4.27. The topological polar surface area (TPSA) is 125 Å². The third-order valence-electron chi connectivity index (χ3n) is 3.78. The first kappa shape index (κ1) is 18.1. The molecule has 1 fully saturated rings. The average Bonchev–Trinajstić information content (AvgIpc) is 3.10. The summed E-state index contributed by atoms with van der Waals surface area (Å²) in [6.07, 6.45) is 4.83. The minimum Gasteiger partial charge on any atom is -0.484 e. The Morgan fingerprint density at radius 2 is 2.04 bits per heavy atom. The first-order valence-electron chi connectivity index (χ1n) is 7.89. The van der Waals surface area contributed by atoms with Crippen molar-refractivity contribution in [2.24, 2.45) is 5.73 Å². The summed E-state index contributed by atoms with van der Waals surface area (Å²) in [6.45, 7) is 0.325. The number of carbonyl (C=O) groups is 1. The Balaban J connectivity index is 1.64.